The Hall–Kier alpha value is -3.25. The van der Waals surface area contributed by atoms with Crippen LogP contribution in [0.2, 0.25) is 0 Å². The van der Waals surface area contributed by atoms with Crippen molar-refractivity contribution in [3.8, 4) is 0 Å². The molecule has 2 amide bonds. The van der Waals surface area contributed by atoms with Gasteiger partial charge in [0.1, 0.15) is 0 Å². The Morgan fingerprint density at radius 1 is 0.913 bits per heavy atom. The SMILES string of the molecule is O=C(NO)c1ccc(C(=O)Nc2cnc3ccccc3c2)cc1. The van der Waals surface area contributed by atoms with E-state index in [1.807, 2.05) is 30.3 Å². The number of rotatable bonds is 3. The molecule has 0 aliphatic rings. The fourth-order valence-electron chi connectivity index (χ4n) is 2.18. The average molecular weight is 307 g/mol. The molecule has 3 N–H and O–H groups in total. The number of para-hydroxylation sites is 1. The van der Waals surface area contributed by atoms with Crippen molar-refractivity contribution in [3.05, 3.63) is 71.9 Å². The highest BCUT2D eigenvalue weighted by Crippen LogP contribution is 2.17. The van der Waals surface area contributed by atoms with Crippen molar-refractivity contribution in [2.75, 3.05) is 5.32 Å². The number of nitrogens with one attached hydrogen (secondary N) is 2. The molecule has 6 nitrogen and oxygen atoms in total. The summed E-state index contributed by atoms with van der Waals surface area (Å²) in [6, 6.07) is 15.4. The van der Waals surface area contributed by atoms with Crippen LogP contribution in [0.1, 0.15) is 20.7 Å². The number of aromatic nitrogens is 1. The summed E-state index contributed by atoms with van der Waals surface area (Å²) >= 11 is 0. The van der Waals surface area contributed by atoms with Crippen molar-refractivity contribution >= 4 is 28.4 Å². The number of hydrogen-bond donors (Lipinski definition) is 3. The first kappa shape index (κ1) is 14.7. The van der Waals surface area contributed by atoms with Crippen LogP contribution in [0, 0.1) is 0 Å². The van der Waals surface area contributed by atoms with Gasteiger partial charge in [0.05, 0.1) is 17.4 Å². The van der Waals surface area contributed by atoms with Gasteiger partial charge in [0.25, 0.3) is 11.8 Å². The van der Waals surface area contributed by atoms with Gasteiger partial charge >= 0.3 is 0 Å². The van der Waals surface area contributed by atoms with Crippen LogP contribution in [0.5, 0.6) is 0 Å². The number of benzene rings is 2. The third-order valence-corrected chi connectivity index (χ3v) is 3.36. The lowest BCUT2D eigenvalue weighted by molar-refractivity contribution is 0.0706. The Morgan fingerprint density at radius 3 is 2.26 bits per heavy atom. The van der Waals surface area contributed by atoms with Crippen LogP contribution in [-0.2, 0) is 0 Å². The van der Waals surface area contributed by atoms with E-state index in [9.17, 15) is 9.59 Å². The number of carbonyl (C=O) groups excluding carboxylic acids is 2. The lowest BCUT2D eigenvalue weighted by Gasteiger charge is -2.07. The second-order valence-electron chi connectivity index (χ2n) is 4.89. The minimum Gasteiger partial charge on any atom is -0.321 e. The largest absolute Gasteiger partial charge is 0.321 e. The van der Waals surface area contributed by atoms with Gasteiger partial charge in [0, 0.05) is 16.5 Å². The Morgan fingerprint density at radius 2 is 1.57 bits per heavy atom. The molecule has 1 heterocycles. The fraction of sp³-hybridized carbons (Fsp3) is 0. The summed E-state index contributed by atoms with van der Waals surface area (Å²) in [6.07, 6.45) is 1.59. The Balaban J connectivity index is 1.78. The molecule has 0 saturated carbocycles. The third kappa shape index (κ3) is 3.17. The summed E-state index contributed by atoms with van der Waals surface area (Å²) in [5.41, 5.74) is 3.64. The standard InChI is InChI=1S/C17H13N3O3/c21-16(11-5-7-12(8-6-11)17(22)20-23)19-14-9-13-3-1-2-4-15(13)18-10-14/h1-10,23H,(H,19,21)(H,20,22). The first-order valence-electron chi connectivity index (χ1n) is 6.88. The van der Waals surface area contributed by atoms with Crippen LogP contribution < -0.4 is 10.8 Å². The van der Waals surface area contributed by atoms with E-state index in [0.717, 1.165) is 10.9 Å². The summed E-state index contributed by atoms with van der Waals surface area (Å²) < 4.78 is 0. The van der Waals surface area contributed by atoms with Gasteiger partial charge in [-0.1, -0.05) is 18.2 Å². The van der Waals surface area contributed by atoms with E-state index in [1.165, 1.54) is 29.7 Å². The molecule has 2 aromatic carbocycles. The van der Waals surface area contributed by atoms with Gasteiger partial charge in [-0.3, -0.25) is 19.8 Å². The third-order valence-electron chi connectivity index (χ3n) is 3.36. The van der Waals surface area contributed by atoms with Crippen molar-refractivity contribution in [2.24, 2.45) is 0 Å². The maximum absolute atomic E-state index is 12.2. The number of nitrogens with zero attached hydrogens (tertiary/aromatic N) is 1. The summed E-state index contributed by atoms with van der Waals surface area (Å²) in [7, 11) is 0. The van der Waals surface area contributed by atoms with Crippen LogP contribution >= 0.6 is 0 Å². The lowest BCUT2D eigenvalue weighted by atomic mass is 10.1. The molecule has 0 unspecified atom stereocenters. The summed E-state index contributed by atoms with van der Waals surface area (Å²) in [4.78, 5) is 27.7. The maximum atomic E-state index is 12.2. The van der Waals surface area contributed by atoms with E-state index in [0.29, 0.717) is 11.3 Å². The van der Waals surface area contributed by atoms with E-state index in [1.54, 1.807) is 6.20 Å². The van der Waals surface area contributed by atoms with Crippen molar-refractivity contribution < 1.29 is 14.8 Å². The minimum absolute atomic E-state index is 0.261. The molecular formula is C17H13N3O3. The summed E-state index contributed by atoms with van der Waals surface area (Å²) in [6.45, 7) is 0. The van der Waals surface area contributed by atoms with Crippen LogP contribution in [0.3, 0.4) is 0 Å². The number of hydrogen-bond acceptors (Lipinski definition) is 4. The number of fused-ring (bicyclic) bond motifs is 1. The second-order valence-corrected chi connectivity index (χ2v) is 4.89. The molecule has 0 radical (unpaired) electrons. The zero-order valence-electron chi connectivity index (χ0n) is 12.0. The van der Waals surface area contributed by atoms with E-state index in [4.69, 9.17) is 5.21 Å². The van der Waals surface area contributed by atoms with Gasteiger partial charge in [-0.25, -0.2) is 5.48 Å². The maximum Gasteiger partial charge on any atom is 0.274 e. The number of anilines is 1. The molecule has 3 rings (SSSR count). The van der Waals surface area contributed by atoms with Crippen molar-refractivity contribution in [2.45, 2.75) is 0 Å². The zero-order valence-corrected chi connectivity index (χ0v) is 12.0. The first-order valence-corrected chi connectivity index (χ1v) is 6.88. The molecule has 0 atom stereocenters. The van der Waals surface area contributed by atoms with Gasteiger partial charge in [-0.2, -0.15) is 0 Å². The van der Waals surface area contributed by atoms with Crippen molar-refractivity contribution in [1.29, 1.82) is 0 Å². The lowest BCUT2D eigenvalue weighted by Crippen LogP contribution is -2.19. The van der Waals surface area contributed by atoms with Gasteiger partial charge in [0.15, 0.2) is 0 Å². The molecule has 3 aromatic rings. The predicted molar refractivity (Wildman–Crippen MR) is 85.4 cm³/mol. The first-order chi connectivity index (χ1) is 11.2. The predicted octanol–water partition coefficient (Wildman–Crippen LogP) is 2.61. The summed E-state index contributed by atoms with van der Waals surface area (Å²) in [5, 5.41) is 12.3. The fourth-order valence-corrected chi connectivity index (χ4v) is 2.18. The van der Waals surface area contributed by atoms with Crippen molar-refractivity contribution in [3.63, 3.8) is 0 Å². The van der Waals surface area contributed by atoms with Crippen LogP contribution in [0.15, 0.2) is 60.8 Å². The number of amides is 2. The molecule has 6 heteroatoms. The van der Waals surface area contributed by atoms with Crippen LogP contribution in [0.4, 0.5) is 5.69 Å². The molecule has 23 heavy (non-hydrogen) atoms. The monoisotopic (exact) mass is 307 g/mol. The molecule has 0 aliphatic carbocycles. The van der Waals surface area contributed by atoms with E-state index < -0.39 is 5.91 Å². The number of hydroxylamine groups is 1. The topological polar surface area (TPSA) is 91.3 Å². The second kappa shape index (κ2) is 6.25. The molecular weight excluding hydrogens is 294 g/mol. The van der Waals surface area contributed by atoms with Crippen LogP contribution in [-0.4, -0.2) is 22.0 Å². The summed E-state index contributed by atoms with van der Waals surface area (Å²) in [5.74, 6) is -0.936. The highest BCUT2D eigenvalue weighted by molar-refractivity contribution is 6.05. The minimum atomic E-state index is -0.629. The highest BCUT2D eigenvalue weighted by atomic mass is 16.5. The molecule has 1 aromatic heterocycles. The van der Waals surface area contributed by atoms with Gasteiger partial charge in [-0.15, -0.1) is 0 Å². The van der Waals surface area contributed by atoms with Crippen LogP contribution in [0.25, 0.3) is 10.9 Å². The molecule has 0 saturated heterocycles. The Kier molecular flexibility index (Phi) is 3.99. The zero-order chi connectivity index (χ0) is 16.2. The normalized spacial score (nSPS) is 10.3. The number of pyridine rings is 1. The molecule has 0 spiro atoms. The van der Waals surface area contributed by atoms with Gasteiger partial charge in [-0.05, 0) is 36.4 Å². The smallest absolute Gasteiger partial charge is 0.274 e. The molecule has 114 valence electrons. The van der Waals surface area contributed by atoms with E-state index in [-0.39, 0.29) is 11.5 Å². The van der Waals surface area contributed by atoms with Gasteiger partial charge in [0.2, 0.25) is 0 Å². The average Bonchev–Trinajstić information content (AvgIpc) is 2.61. The van der Waals surface area contributed by atoms with E-state index >= 15 is 0 Å². The Bertz CT molecular complexity index is 876. The van der Waals surface area contributed by atoms with Crippen molar-refractivity contribution in [1.82, 2.24) is 10.5 Å². The van der Waals surface area contributed by atoms with E-state index in [2.05, 4.69) is 10.3 Å². The van der Waals surface area contributed by atoms with Gasteiger partial charge < -0.3 is 5.32 Å². The Labute approximate surface area is 131 Å². The number of carbonyl (C=O) groups is 2. The molecule has 0 bridgehead atoms. The molecule has 0 aliphatic heterocycles. The highest BCUT2D eigenvalue weighted by Gasteiger charge is 2.09. The quantitative estimate of drug-likeness (QED) is 0.512. The molecule has 0 fully saturated rings.